The van der Waals surface area contributed by atoms with Gasteiger partial charge in [-0.2, -0.15) is 22.0 Å². The summed E-state index contributed by atoms with van der Waals surface area (Å²) in [6.07, 6.45) is -5.66. The van der Waals surface area contributed by atoms with Crippen molar-refractivity contribution in [1.82, 2.24) is 0 Å². The number of carbonyl (C=O) groups excluding carboxylic acids is 1. The Morgan fingerprint density at radius 1 is 1.29 bits per heavy atom. The molecule has 0 fully saturated rings. The third kappa shape index (κ3) is 2.97. The summed E-state index contributed by atoms with van der Waals surface area (Å²) in [6.45, 7) is 0. The number of ether oxygens (including phenoxy) is 1. The SMILES string of the molecule is COc1ccc2c(c1)SC(=CC(=O)C(F)(F)C(F)(F)F)N2. The molecular formula is C12H8F5NO2S. The molecule has 0 radical (unpaired) electrons. The van der Waals surface area contributed by atoms with Gasteiger partial charge in [-0.25, -0.2) is 0 Å². The predicted octanol–water partition coefficient (Wildman–Crippen LogP) is 3.82. The van der Waals surface area contributed by atoms with Crippen LogP contribution in [0.4, 0.5) is 27.6 Å². The van der Waals surface area contributed by atoms with Crippen molar-refractivity contribution in [2.75, 3.05) is 12.4 Å². The number of nitrogens with one attached hydrogen (secondary N) is 1. The first kappa shape index (κ1) is 15.6. The number of fused-ring (bicyclic) bond motifs is 1. The van der Waals surface area contributed by atoms with Crippen LogP contribution in [0.1, 0.15) is 0 Å². The van der Waals surface area contributed by atoms with Gasteiger partial charge in [-0.05, 0) is 18.2 Å². The largest absolute Gasteiger partial charge is 0.497 e. The molecule has 0 bridgehead atoms. The average molecular weight is 325 g/mol. The van der Waals surface area contributed by atoms with Crippen LogP contribution in [0.25, 0.3) is 0 Å². The minimum Gasteiger partial charge on any atom is -0.497 e. The Morgan fingerprint density at radius 3 is 2.52 bits per heavy atom. The normalized spacial score (nSPS) is 16.6. The van der Waals surface area contributed by atoms with Gasteiger partial charge in [0, 0.05) is 11.0 Å². The lowest BCUT2D eigenvalue weighted by Crippen LogP contribution is -2.43. The van der Waals surface area contributed by atoms with Crippen molar-refractivity contribution in [3.8, 4) is 5.75 Å². The molecule has 21 heavy (non-hydrogen) atoms. The van der Waals surface area contributed by atoms with Crippen molar-refractivity contribution < 1.29 is 31.5 Å². The van der Waals surface area contributed by atoms with E-state index in [4.69, 9.17) is 4.74 Å². The quantitative estimate of drug-likeness (QED) is 0.677. The number of thioether (sulfide) groups is 1. The minimum atomic E-state index is -5.92. The molecule has 0 unspecified atom stereocenters. The van der Waals surface area contributed by atoms with Crippen molar-refractivity contribution in [3.05, 3.63) is 29.3 Å². The highest BCUT2D eigenvalue weighted by molar-refractivity contribution is 8.03. The number of anilines is 1. The first-order chi connectivity index (χ1) is 9.65. The smallest absolute Gasteiger partial charge is 0.461 e. The fourth-order valence-electron chi connectivity index (χ4n) is 1.51. The van der Waals surface area contributed by atoms with Gasteiger partial charge in [0.15, 0.2) is 0 Å². The second-order valence-corrected chi connectivity index (χ2v) is 5.12. The molecule has 0 aliphatic carbocycles. The highest BCUT2D eigenvalue weighted by atomic mass is 32.2. The zero-order chi connectivity index (χ0) is 15.8. The van der Waals surface area contributed by atoms with E-state index in [1.165, 1.54) is 7.11 Å². The third-order valence-electron chi connectivity index (χ3n) is 2.59. The summed E-state index contributed by atoms with van der Waals surface area (Å²) >= 11 is 0.869. The molecule has 1 aliphatic heterocycles. The van der Waals surface area contributed by atoms with Crippen LogP contribution >= 0.6 is 11.8 Å². The van der Waals surface area contributed by atoms with Crippen molar-refractivity contribution >= 4 is 23.2 Å². The zero-order valence-corrected chi connectivity index (χ0v) is 11.2. The molecule has 9 heteroatoms. The molecule has 0 spiro atoms. The van der Waals surface area contributed by atoms with E-state index in [0.29, 0.717) is 16.3 Å². The van der Waals surface area contributed by atoms with Crippen LogP contribution in [-0.4, -0.2) is 25.0 Å². The minimum absolute atomic E-state index is 0.104. The Hall–Kier alpha value is -1.77. The van der Waals surface area contributed by atoms with Gasteiger partial charge in [0.2, 0.25) is 5.78 Å². The van der Waals surface area contributed by atoms with Gasteiger partial charge in [0.1, 0.15) is 5.75 Å². The fourth-order valence-corrected chi connectivity index (χ4v) is 2.48. The summed E-state index contributed by atoms with van der Waals surface area (Å²) in [4.78, 5) is 11.7. The topological polar surface area (TPSA) is 38.3 Å². The average Bonchev–Trinajstić information content (AvgIpc) is 2.78. The lowest BCUT2D eigenvalue weighted by atomic mass is 10.2. The Kier molecular flexibility index (Phi) is 3.87. The Bertz CT molecular complexity index is 612. The van der Waals surface area contributed by atoms with E-state index >= 15 is 0 Å². The number of rotatable bonds is 3. The van der Waals surface area contributed by atoms with E-state index in [0.717, 1.165) is 11.8 Å². The van der Waals surface area contributed by atoms with Gasteiger partial charge in [-0.1, -0.05) is 11.8 Å². The van der Waals surface area contributed by atoms with E-state index in [9.17, 15) is 26.7 Å². The monoisotopic (exact) mass is 325 g/mol. The second-order valence-electron chi connectivity index (χ2n) is 4.03. The molecule has 1 heterocycles. The summed E-state index contributed by atoms with van der Waals surface area (Å²) in [5, 5.41) is 2.48. The summed E-state index contributed by atoms with van der Waals surface area (Å²) in [7, 11) is 1.43. The van der Waals surface area contributed by atoms with Crippen LogP contribution in [-0.2, 0) is 4.79 Å². The number of alkyl halides is 5. The Labute approximate surface area is 120 Å². The molecule has 1 aromatic carbocycles. The molecule has 2 rings (SSSR count). The molecule has 1 aliphatic rings. The van der Waals surface area contributed by atoms with Crippen LogP contribution in [0.3, 0.4) is 0 Å². The van der Waals surface area contributed by atoms with Gasteiger partial charge in [-0.3, -0.25) is 4.79 Å². The predicted molar refractivity (Wildman–Crippen MR) is 66.6 cm³/mol. The number of ketones is 1. The lowest BCUT2D eigenvalue weighted by Gasteiger charge is -2.16. The first-order valence-corrected chi connectivity index (χ1v) is 6.30. The fraction of sp³-hybridized carbons (Fsp3) is 0.250. The summed E-state index contributed by atoms with van der Waals surface area (Å²) in [5.74, 6) is -7.23. The molecule has 1 aromatic rings. The highest BCUT2D eigenvalue weighted by Gasteiger charge is 2.62. The number of hydrogen-bond donors (Lipinski definition) is 1. The number of hydrogen-bond acceptors (Lipinski definition) is 4. The summed E-state index contributed by atoms with van der Waals surface area (Å²) in [5.41, 5.74) is 0.496. The molecule has 3 nitrogen and oxygen atoms in total. The van der Waals surface area contributed by atoms with Crippen molar-refractivity contribution in [2.24, 2.45) is 0 Å². The number of methoxy groups -OCH3 is 1. The Morgan fingerprint density at radius 2 is 1.95 bits per heavy atom. The number of carbonyl (C=O) groups is 1. The molecule has 1 N–H and O–H groups in total. The molecule has 0 saturated carbocycles. The van der Waals surface area contributed by atoms with Crippen LogP contribution in [0.5, 0.6) is 5.75 Å². The molecule has 114 valence electrons. The van der Waals surface area contributed by atoms with Crippen LogP contribution < -0.4 is 10.1 Å². The molecule has 0 amide bonds. The maximum Gasteiger partial charge on any atom is 0.461 e. The highest BCUT2D eigenvalue weighted by Crippen LogP contribution is 2.43. The van der Waals surface area contributed by atoms with Crippen LogP contribution in [0, 0.1) is 0 Å². The first-order valence-electron chi connectivity index (χ1n) is 5.49. The third-order valence-corrected chi connectivity index (χ3v) is 3.59. The molecular weight excluding hydrogens is 317 g/mol. The number of halogens is 5. The number of benzene rings is 1. The van der Waals surface area contributed by atoms with Gasteiger partial charge in [0.05, 0.1) is 17.8 Å². The van der Waals surface area contributed by atoms with Crippen molar-refractivity contribution in [1.29, 1.82) is 0 Å². The maximum absolute atomic E-state index is 12.8. The standard InChI is InChI=1S/C12H8F5NO2S/c1-20-6-2-3-7-8(4-6)21-10(18-7)5-9(19)11(13,14)12(15,16)17/h2-5,18H,1H3. The Balaban J connectivity index is 2.21. The van der Waals surface area contributed by atoms with Crippen molar-refractivity contribution in [2.45, 2.75) is 17.0 Å². The van der Waals surface area contributed by atoms with E-state index in [1.807, 2.05) is 0 Å². The second kappa shape index (κ2) is 5.21. The van der Waals surface area contributed by atoms with Gasteiger partial charge >= 0.3 is 12.1 Å². The molecule has 0 saturated heterocycles. The molecule has 0 aromatic heterocycles. The van der Waals surface area contributed by atoms with E-state index in [2.05, 4.69) is 5.32 Å². The number of allylic oxidation sites excluding steroid dienone is 1. The molecule has 0 atom stereocenters. The lowest BCUT2D eigenvalue weighted by molar-refractivity contribution is -0.266. The van der Waals surface area contributed by atoms with E-state index in [1.54, 1.807) is 18.2 Å². The van der Waals surface area contributed by atoms with E-state index < -0.39 is 17.9 Å². The van der Waals surface area contributed by atoms with Crippen molar-refractivity contribution in [3.63, 3.8) is 0 Å². The summed E-state index contributed by atoms with van der Waals surface area (Å²) in [6, 6.07) is 4.72. The van der Waals surface area contributed by atoms with Crippen LogP contribution in [0.15, 0.2) is 34.2 Å². The van der Waals surface area contributed by atoms with Gasteiger partial charge in [0.25, 0.3) is 0 Å². The van der Waals surface area contributed by atoms with Gasteiger partial charge in [-0.15, -0.1) is 0 Å². The summed E-state index contributed by atoms with van der Waals surface area (Å²) < 4.78 is 66.9. The van der Waals surface area contributed by atoms with E-state index in [-0.39, 0.29) is 11.1 Å². The zero-order valence-electron chi connectivity index (χ0n) is 10.4. The maximum atomic E-state index is 12.8. The van der Waals surface area contributed by atoms with Gasteiger partial charge < -0.3 is 10.1 Å². The van der Waals surface area contributed by atoms with Crippen LogP contribution in [0.2, 0.25) is 0 Å².